The summed E-state index contributed by atoms with van der Waals surface area (Å²) in [6.45, 7) is 4.62. The maximum Gasteiger partial charge on any atom is 0.301 e. The van der Waals surface area contributed by atoms with Crippen LogP contribution in [0.3, 0.4) is 0 Å². The number of nitrogens with zero attached hydrogens (tertiary/aromatic N) is 3. The summed E-state index contributed by atoms with van der Waals surface area (Å²) < 4.78 is 11.8. The molecule has 0 spiro atoms. The van der Waals surface area contributed by atoms with Gasteiger partial charge in [0.2, 0.25) is 5.13 Å². The molecule has 42 heavy (non-hydrogen) atoms. The van der Waals surface area contributed by atoms with Gasteiger partial charge in [0.15, 0.2) is 15.8 Å². The molecule has 0 radical (unpaired) electrons. The minimum Gasteiger partial charge on any atom is -0.507 e. The third-order valence-corrected chi connectivity index (χ3v) is 8.58. The zero-order chi connectivity index (χ0) is 29.6. The number of hydrogen-bond acceptors (Lipinski definition) is 10. The number of aromatic nitrogens is 2. The van der Waals surface area contributed by atoms with E-state index >= 15 is 0 Å². The SMILES string of the molecule is CCCOc1ccc(/C(O)=C2\C(=O)C(=O)N(c3nnc(SCc4ccccc4)s3)C2c2ccc(O)c(OCC)c2)cc1. The number of carbonyl (C=O) groups excluding carboxylic acids is 2. The van der Waals surface area contributed by atoms with Crippen LogP contribution in [0.25, 0.3) is 5.76 Å². The Morgan fingerprint density at radius 1 is 1.00 bits per heavy atom. The number of phenolic OH excluding ortho intramolecular Hbond substituents is 1. The van der Waals surface area contributed by atoms with Crippen LogP contribution in [0.1, 0.15) is 43.0 Å². The summed E-state index contributed by atoms with van der Waals surface area (Å²) >= 11 is 2.65. The van der Waals surface area contributed by atoms with Gasteiger partial charge in [-0.3, -0.25) is 14.5 Å². The van der Waals surface area contributed by atoms with Crippen molar-refractivity contribution in [1.29, 1.82) is 0 Å². The molecule has 1 atom stereocenters. The van der Waals surface area contributed by atoms with Gasteiger partial charge in [-0.05, 0) is 60.9 Å². The van der Waals surface area contributed by atoms with Gasteiger partial charge in [-0.1, -0.05) is 66.4 Å². The average molecular weight is 604 g/mol. The number of phenols is 1. The van der Waals surface area contributed by atoms with Crippen molar-refractivity contribution in [1.82, 2.24) is 10.2 Å². The van der Waals surface area contributed by atoms with E-state index in [-0.39, 0.29) is 28.0 Å². The number of ether oxygens (including phenoxy) is 2. The highest BCUT2D eigenvalue weighted by molar-refractivity contribution is 8.00. The van der Waals surface area contributed by atoms with E-state index in [1.54, 1.807) is 43.3 Å². The molecule has 3 aromatic carbocycles. The molecule has 216 valence electrons. The third kappa shape index (κ3) is 6.12. The van der Waals surface area contributed by atoms with E-state index in [1.807, 2.05) is 37.3 Å². The molecule has 11 heteroatoms. The van der Waals surface area contributed by atoms with Gasteiger partial charge in [0.25, 0.3) is 5.78 Å². The Kier molecular flexibility index (Phi) is 9.09. The van der Waals surface area contributed by atoms with Gasteiger partial charge < -0.3 is 19.7 Å². The Labute approximate surface area is 251 Å². The summed E-state index contributed by atoms with van der Waals surface area (Å²) in [5.41, 5.74) is 1.80. The van der Waals surface area contributed by atoms with Crippen LogP contribution in [-0.4, -0.2) is 45.3 Å². The zero-order valence-corrected chi connectivity index (χ0v) is 24.7. The minimum atomic E-state index is -1.04. The number of aromatic hydroxyl groups is 1. The van der Waals surface area contributed by atoms with Crippen LogP contribution in [0.2, 0.25) is 0 Å². The van der Waals surface area contributed by atoms with E-state index in [0.717, 1.165) is 12.0 Å². The fourth-order valence-electron chi connectivity index (χ4n) is 4.48. The molecule has 4 aromatic rings. The van der Waals surface area contributed by atoms with Gasteiger partial charge in [-0.25, -0.2) is 0 Å². The highest BCUT2D eigenvalue weighted by atomic mass is 32.2. The van der Waals surface area contributed by atoms with Crippen molar-refractivity contribution in [2.45, 2.75) is 36.4 Å². The molecule has 0 aliphatic carbocycles. The Morgan fingerprint density at radius 2 is 1.76 bits per heavy atom. The van der Waals surface area contributed by atoms with Crippen LogP contribution in [0, 0.1) is 0 Å². The molecule has 1 aliphatic heterocycles. The molecule has 1 amide bonds. The van der Waals surface area contributed by atoms with Crippen LogP contribution >= 0.6 is 23.1 Å². The molecular weight excluding hydrogens is 574 g/mol. The molecule has 0 bridgehead atoms. The lowest BCUT2D eigenvalue weighted by Crippen LogP contribution is -2.29. The Morgan fingerprint density at radius 3 is 2.48 bits per heavy atom. The molecule has 9 nitrogen and oxygen atoms in total. The number of hydrogen-bond donors (Lipinski definition) is 2. The third-order valence-electron chi connectivity index (χ3n) is 6.45. The van der Waals surface area contributed by atoms with Crippen LogP contribution in [0.5, 0.6) is 17.2 Å². The van der Waals surface area contributed by atoms with Gasteiger partial charge in [-0.2, -0.15) is 0 Å². The van der Waals surface area contributed by atoms with Crippen molar-refractivity contribution in [3.05, 3.63) is 95.1 Å². The first-order chi connectivity index (χ1) is 20.4. The lowest BCUT2D eigenvalue weighted by atomic mass is 9.95. The standard InChI is InChI=1S/C31H29N3O6S2/c1-3-16-40-22-13-10-20(11-14-22)27(36)25-26(21-12-15-23(35)24(17-21)39-4-2)34(29(38)28(25)37)30-32-33-31(42-30)41-18-19-8-6-5-7-9-19/h5-15,17,26,35-36H,3-4,16,18H2,1-2H3/b27-25+. The fraction of sp³-hybridized carbons (Fsp3) is 0.226. The van der Waals surface area contributed by atoms with Crippen molar-refractivity contribution < 1.29 is 29.3 Å². The number of aliphatic hydroxyl groups is 1. The van der Waals surface area contributed by atoms with Crippen molar-refractivity contribution in [3.63, 3.8) is 0 Å². The maximum atomic E-state index is 13.5. The summed E-state index contributed by atoms with van der Waals surface area (Å²) in [5, 5.41) is 30.5. The first-order valence-electron chi connectivity index (χ1n) is 13.4. The smallest absolute Gasteiger partial charge is 0.301 e. The predicted octanol–water partition coefficient (Wildman–Crippen LogP) is 6.35. The summed E-state index contributed by atoms with van der Waals surface area (Å²) in [5.74, 6) is -0.651. The van der Waals surface area contributed by atoms with E-state index in [4.69, 9.17) is 9.47 Å². The normalized spacial score (nSPS) is 16.1. The number of amides is 1. The van der Waals surface area contributed by atoms with Crippen molar-refractivity contribution in [2.75, 3.05) is 18.1 Å². The van der Waals surface area contributed by atoms with Gasteiger partial charge in [0.1, 0.15) is 11.5 Å². The molecule has 1 aliphatic rings. The second-order valence-electron chi connectivity index (χ2n) is 9.33. The second kappa shape index (κ2) is 13.1. The van der Waals surface area contributed by atoms with Gasteiger partial charge >= 0.3 is 5.91 Å². The molecule has 1 saturated heterocycles. The van der Waals surface area contributed by atoms with Crippen molar-refractivity contribution >= 4 is 45.7 Å². The minimum absolute atomic E-state index is 0.0873. The van der Waals surface area contributed by atoms with Crippen LogP contribution in [0.4, 0.5) is 5.13 Å². The number of thioether (sulfide) groups is 1. The van der Waals surface area contributed by atoms with E-state index in [1.165, 1.54) is 34.1 Å². The summed E-state index contributed by atoms with van der Waals surface area (Å²) in [7, 11) is 0. The van der Waals surface area contributed by atoms with E-state index in [0.29, 0.717) is 40.2 Å². The molecule has 1 unspecified atom stereocenters. The first kappa shape index (κ1) is 29.2. The lowest BCUT2D eigenvalue weighted by molar-refractivity contribution is -0.132. The number of Topliss-reactive ketones (excluding diaryl/α,β-unsaturated/α-hetero) is 1. The van der Waals surface area contributed by atoms with E-state index < -0.39 is 17.7 Å². The topological polar surface area (TPSA) is 122 Å². The quantitative estimate of drug-likeness (QED) is 0.0664. The molecule has 0 saturated carbocycles. The Hall–Kier alpha value is -4.35. The molecule has 5 rings (SSSR count). The summed E-state index contributed by atoms with van der Waals surface area (Å²) in [6.07, 6.45) is 0.847. The molecule has 1 fully saturated rings. The molecular formula is C31H29N3O6S2. The fourth-order valence-corrected chi connectivity index (χ4v) is 6.30. The molecule has 1 aromatic heterocycles. The van der Waals surface area contributed by atoms with Gasteiger partial charge in [0, 0.05) is 11.3 Å². The first-order valence-corrected chi connectivity index (χ1v) is 15.2. The average Bonchev–Trinajstić information content (AvgIpc) is 3.58. The highest BCUT2D eigenvalue weighted by Gasteiger charge is 2.48. The van der Waals surface area contributed by atoms with Crippen LogP contribution in [0.15, 0.2) is 82.7 Å². The maximum absolute atomic E-state index is 13.5. The zero-order valence-electron chi connectivity index (χ0n) is 23.0. The van der Waals surface area contributed by atoms with Crippen LogP contribution < -0.4 is 14.4 Å². The monoisotopic (exact) mass is 603 g/mol. The van der Waals surface area contributed by atoms with E-state index in [2.05, 4.69) is 10.2 Å². The second-order valence-corrected chi connectivity index (χ2v) is 11.5. The number of rotatable bonds is 11. The predicted molar refractivity (Wildman–Crippen MR) is 162 cm³/mol. The number of carbonyl (C=O) groups is 2. The van der Waals surface area contributed by atoms with Gasteiger partial charge in [-0.15, -0.1) is 10.2 Å². The number of benzene rings is 3. The number of aliphatic hydroxyl groups excluding tert-OH is 1. The Bertz CT molecular complexity index is 1600. The molecule has 2 N–H and O–H groups in total. The van der Waals surface area contributed by atoms with E-state index in [9.17, 15) is 19.8 Å². The summed E-state index contributed by atoms with van der Waals surface area (Å²) in [4.78, 5) is 28.3. The Balaban J connectivity index is 1.55. The molecule has 2 heterocycles. The summed E-state index contributed by atoms with van der Waals surface area (Å²) in [6, 6.07) is 20.1. The van der Waals surface area contributed by atoms with Gasteiger partial charge in [0.05, 0.1) is 24.8 Å². The van der Waals surface area contributed by atoms with Crippen molar-refractivity contribution in [2.24, 2.45) is 0 Å². The largest absolute Gasteiger partial charge is 0.507 e. The van der Waals surface area contributed by atoms with Crippen molar-refractivity contribution in [3.8, 4) is 17.2 Å². The number of ketones is 1. The lowest BCUT2D eigenvalue weighted by Gasteiger charge is -2.23. The van der Waals surface area contributed by atoms with Crippen LogP contribution in [-0.2, 0) is 15.3 Å². The highest BCUT2D eigenvalue weighted by Crippen LogP contribution is 2.45. The number of anilines is 1.